The number of rotatable bonds is 5. The van der Waals surface area contributed by atoms with Gasteiger partial charge in [0.05, 0.1) is 16.1 Å². The summed E-state index contributed by atoms with van der Waals surface area (Å²) in [5, 5.41) is 4.18. The van der Waals surface area contributed by atoms with Crippen molar-refractivity contribution in [2.45, 2.75) is 25.6 Å². The number of nitrogens with two attached hydrogens (primary N) is 1. The van der Waals surface area contributed by atoms with E-state index in [4.69, 9.17) is 22.1 Å². The SMILES string of the molecule is CC(C)(CN)Oc1cc(Nc2ccnc3cc(C(F)(F)F)ccc23)ccc1Cl. The Morgan fingerprint density at radius 3 is 2.54 bits per heavy atom. The van der Waals surface area contributed by atoms with Crippen molar-refractivity contribution in [1.82, 2.24) is 4.98 Å². The van der Waals surface area contributed by atoms with Crippen molar-refractivity contribution in [3.05, 3.63) is 59.2 Å². The molecular formula is C20H19ClF3N3O. The highest BCUT2D eigenvalue weighted by Crippen LogP contribution is 2.35. The van der Waals surface area contributed by atoms with Gasteiger partial charge in [0, 0.05) is 35.6 Å². The van der Waals surface area contributed by atoms with Crippen molar-refractivity contribution in [1.29, 1.82) is 0 Å². The van der Waals surface area contributed by atoms with E-state index in [0.29, 0.717) is 34.1 Å². The maximum atomic E-state index is 12.9. The maximum Gasteiger partial charge on any atom is 0.416 e. The van der Waals surface area contributed by atoms with E-state index in [2.05, 4.69) is 10.3 Å². The molecule has 0 saturated heterocycles. The lowest BCUT2D eigenvalue weighted by atomic mass is 10.1. The van der Waals surface area contributed by atoms with E-state index < -0.39 is 17.3 Å². The number of anilines is 2. The first kappa shape index (κ1) is 20.2. The van der Waals surface area contributed by atoms with E-state index in [0.717, 1.165) is 12.1 Å². The van der Waals surface area contributed by atoms with E-state index in [1.165, 1.54) is 12.3 Å². The van der Waals surface area contributed by atoms with Crippen LogP contribution in [0, 0.1) is 0 Å². The standard InChI is InChI=1S/C20H19ClF3N3O/c1-19(2,11-25)28-18-10-13(4-6-15(18)21)27-16-7-8-26-17-9-12(20(22,23)24)3-5-14(16)17/h3-10H,11,25H2,1-2H3,(H,26,27). The molecule has 1 aromatic heterocycles. The zero-order chi connectivity index (χ0) is 20.5. The summed E-state index contributed by atoms with van der Waals surface area (Å²) in [6.45, 7) is 3.99. The largest absolute Gasteiger partial charge is 0.485 e. The summed E-state index contributed by atoms with van der Waals surface area (Å²) < 4.78 is 44.7. The fraction of sp³-hybridized carbons (Fsp3) is 0.250. The molecular weight excluding hydrogens is 391 g/mol. The van der Waals surface area contributed by atoms with Crippen LogP contribution in [0.15, 0.2) is 48.7 Å². The third kappa shape index (κ3) is 4.48. The summed E-state index contributed by atoms with van der Waals surface area (Å²) in [7, 11) is 0. The van der Waals surface area contributed by atoms with Crippen LogP contribution < -0.4 is 15.8 Å². The van der Waals surface area contributed by atoms with Crippen molar-refractivity contribution < 1.29 is 17.9 Å². The molecule has 0 spiro atoms. The molecule has 148 valence electrons. The van der Waals surface area contributed by atoms with E-state index in [1.54, 1.807) is 24.3 Å². The molecule has 0 atom stereocenters. The summed E-state index contributed by atoms with van der Waals surface area (Å²) in [6.07, 6.45) is -2.97. The second-order valence-corrected chi connectivity index (χ2v) is 7.33. The molecule has 0 radical (unpaired) electrons. The number of nitrogens with zero attached hydrogens (tertiary/aromatic N) is 1. The van der Waals surface area contributed by atoms with Gasteiger partial charge in [-0.25, -0.2) is 0 Å². The fourth-order valence-electron chi connectivity index (χ4n) is 2.59. The van der Waals surface area contributed by atoms with Gasteiger partial charge in [0.1, 0.15) is 11.4 Å². The number of aromatic nitrogens is 1. The maximum absolute atomic E-state index is 12.9. The highest BCUT2D eigenvalue weighted by molar-refractivity contribution is 6.32. The van der Waals surface area contributed by atoms with Crippen LogP contribution in [-0.4, -0.2) is 17.1 Å². The molecule has 0 aliphatic carbocycles. The van der Waals surface area contributed by atoms with E-state index in [9.17, 15) is 13.2 Å². The molecule has 2 aromatic carbocycles. The van der Waals surface area contributed by atoms with Gasteiger partial charge in [-0.15, -0.1) is 0 Å². The second-order valence-electron chi connectivity index (χ2n) is 6.92. The minimum absolute atomic E-state index is 0.245. The minimum Gasteiger partial charge on any atom is -0.485 e. The molecule has 3 N–H and O–H groups in total. The number of nitrogens with one attached hydrogen (secondary N) is 1. The fourth-order valence-corrected chi connectivity index (χ4v) is 2.74. The average Bonchev–Trinajstić information content (AvgIpc) is 2.63. The molecule has 8 heteroatoms. The number of pyridine rings is 1. The zero-order valence-electron chi connectivity index (χ0n) is 15.3. The third-order valence-electron chi connectivity index (χ3n) is 4.16. The summed E-state index contributed by atoms with van der Waals surface area (Å²) in [5.74, 6) is 0.458. The number of benzene rings is 2. The number of fused-ring (bicyclic) bond motifs is 1. The number of hydrogen-bond acceptors (Lipinski definition) is 4. The Labute approximate surface area is 165 Å². The van der Waals surface area contributed by atoms with Gasteiger partial charge in [-0.3, -0.25) is 4.98 Å². The van der Waals surface area contributed by atoms with Crippen LogP contribution in [0.3, 0.4) is 0 Å². The molecule has 1 heterocycles. The third-order valence-corrected chi connectivity index (χ3v) is 4.47. The van der Waals surface area contributed by atoms with Crippen LogP contribution >= 0.6 is 11.6 Å². The Balaban J connectivity index is 1.95. The van der Waals surface area contributed by atoms with Crippen molar-refractivity contribution in [2.24, 2.45) is 5.73 Å². The first-order valence-corrected chi connectivity index (χ1v) is 8.88. The number of hydrogen-bond donors (Lipinski definition) is 2. The molecule has 0 aliphatic heterocycles. The van der Waals surface area contributed by atoms with Gasteiger partial charge in [-0.1, -0.05) is 17.7 Å². The van der Waals surface area contributed by atoms with Gasteiger partial charge < -0.3 is 15.8 Å². The summed E-state index contributed by atoms with van der Waals surface area (Å²) >= 11 is 6.21. The lowest BCUT2D eigenvalue weighted by molar-refractivity contribution is -0.137. The Kier molecular flexibility index (Phi) is 5.41. The Morgan fingerprint density at radius 2 is 1.86 bits per heavy atom. The van der Waals surface area contributed by atoms with Crippen molar-refractivity contribution in [2.75, 3.05) is 11.9 Å². The van der Waals surface area contributed by atoms with Gasteiger partial charge in [0.2, 0.25) is 0 Å². The van der Waals surface area contributed by atoms with E-state index in [-0.39, 0.29) is 5.52 Å². The lowest BCUT2D eigenvalue weighted by Gasteiger charge is -2.25. The van der Waals surface area contributed by atoms with Gasteiger partial charge in [-0.2, -0.15) is 13.2 Å². The predicted octanol–water partition coefficient (Wildman–Crippen LogP) is 5.77. The van der Waals surface area contributed by atoms with Crippen LogP contribution in [0.25, 0.3) is 10.9 Å². The Morgan fingerprint density at radius 1 is 1.11 bits per heavy atom. The van der Waals surface area contributed by atoms with Crippen molar-refractivity contribution in [3.63, 3.8) is 0 Å². The molecule has 3 aromatic rings. The predicted molar refractivity (Wildman–Crippen MR) is 105 cm³/mol. The van der Waals surface area contributed by atoms with Crippen LogP contribution in [0.2, 0.25) is 5.02 Å². The molecule has 3 rings (SSSR count). The van der Waals surface area contributed by atoms with Crippen LogP contribution in [0.1, 0.15) is 19.4 Å². The summed E-state index contributed by atoms with van der Waals surface area (Å²) in [6, 6.07) is 10.3. The molecule has 0 amide bonds. The first-order chi connectivity index (χ1) is 13.1. The quantitative estimate of drug-likeness (QED) is 0.562. The summed E-state index contributed by atoms with van der Waals surface area (Å²) in [5.41, 5.74) is 5.89. The highest BCUT2D eigenvalue weighted by Gasteiger charge is 2.30. The second kappa shape index (κ2) is 7.48. The molecule has 0 fully saturated rings. The first-order valence-electron chi connectivity index (χ1n) is 8.51. The number of ether oxygens (including phenoxy) is 1. The normalized spacial score (nSPS) is 12.2. The van der Waals surface area contributed by atoms with E-state index in [1.807, 2.05) is 13.8 Å². The molecule has 28 heavy (non-hydrogen) atoms. The molecule has 0 bridgehead atoms. The van der Waals surface area contributed by atoms with Crippen LogP contribution in [0.4, 0.5) is 24.5 Å². The van der Waals surface area contributed by atoms with Crippen LogP contribution in [-0.2, 0) is 6.18 Å². The van der Waals surface area contributed by atoms with Crippen molar-refractivity contribution >= 4 is 33.9 Å². The van der Waals surface area contributed by atoms with Crippen LogP contribution in [0.5, 0.6) is 5.75 Å². The number of alkyl halides is 3. The smallest absolute Gasteiger partial charge is 0.416 e. The Hall–Kier alpha value is -2.51. The monoisotopic (exact) mass is 409 g/mol. The van der Waals surface area contributed by atoms with Gasteiger partial charge in [-0.05, 0) is 44.2 Å². The molecule has 4 nitrogen and oxygen atoms in total. The topological polar surface area (TPSA) is 60.2 Å². The molecule has 0 saturated carbocycles. The number of halogens is 4. The molecule has 0 aliphatic rings. The average molecular weight is 410 g/mol. The molecule has 0 unspecified atom stereocenters. The van der Waals surface area contributed by atoms with Gasteiger partial charge >= 0.3 is 6.18 Å². The minimum atomic E-state index is -4.42. The summed E-state index contributed by atoms with van der Waals surface area (Å²) in [4.78, 5) is 4.05. The van der Waals surface area contributed by atoms with Gasteiger partial charge in [0.25, 0.3) is 0 Å². The lowest BCUT2D eigenvalue weighted by Crippen LogP contribution is -2.37. The highest BCUT2D eigenvalue weighted by atomic mass is 35.5. The van der Waals surface area contributed by atoms with Gasteiger partial charge in [0.15, 0.2) is 0 Å². The van der Waals surface area contributed by atoms with E-state index >= 15 is 0 Å². The van der Waals surface area contributed by atoms with Crippen molar-refractivity contribution in [3.8, 4) is 5.75 Å². The zero-order valence-corrected chi connectivity index (χ0v) is 16.0. The Bertz CT molecular complexity index is 1010.